The minimum atomic E-state index is -0.500. The lowest BCUT2D eigenvalue weighted by molar-refractivity contribution is -0.145. The molecule has 0 saturated carbocycles. The van der Waals surface area contributed by atoms with Crippen LogP contribution in [0.2, 0.25) is 0 Å². The van der Waals surface area contributed by atoms with Gasteiger partial charge in [0.15, 0.2) is 6.61 Å². The molecule has 2 aromatic carbocycles. The second kappa shape index (κ2) is 11.4. The van der Waals surface area contributed by atoms with Crippen molar-refractivity contribution >= 4 is 17.8 Å². The van der Waals surface area contributed by atoms with E-state index in [-0.39, 0.29) is 26.1 Å². The Balaban J connectivity index is 1.55. The molecular weight excluding hydrogens is 360 g/mol. The zero-order chi connectivity index (χ0) is 20.2. The van der Waals surface area contributed by atoms with Crippen molar-refractivity contribution in [2.45, 2.75) is 26.2 Å². The van der Waals surface area contributed by atoms with E-state index in [1.165, 1.54) is 0 Å². The number of amides is 2. The number of rotatable bonds is 9. The predicted octanol–water partition coefficient (Wildman–Crippen LogP) is 2.09. The molecule has 0 bridgehead atoms. The topological polar surface area (TPSA) is 93.7 Å². The van der Waals surface area contributed by atoms with Crippen molar-refractivity contribution in [3.63, 3.8) is 0 Å². The van der Waals surface area contributed by atoms with E-state index in [9.17, 15) is 14.4 Å². The van der Waals surface area contributed by atoms with Gasteiger partial charge in [0.05, 0.1) is 13.0 Å². The van der Waals surface area contributed by atoms with Crippen molar-refractivity contribution in [1.82, 2.24) is 10.9 Å². The number of nitrogens with one attached hydrogen (secondary N) is 2. The standard InChI is InChI=1S/C21H24N2O5/c1-16-6-5-9-18(14-16)28-15-20(25)23-22-19(24)10-11-21(26)27-13-12-17-7-3-2-4-8-17/h2-9,14H,10-13,15H2,1H3,(H,22,24)(H,23,25). The van der Waals surface area contributed by atoms with Gasteiger partial charge in [-0.1, -0.05) is 42.5 Å². The van der Waals surface area contributed by atoms with Gasteiger partial charge in [0.2, 0.25) is 5.91 Å². The molecule has 148 valence electrons. The van der Waals surface area contributed by atoms with E-state index in [1.54, 1.807) is 12.1 Å². The summed E-state index contributed by atoms with van der Waals surface area (Å²) in [5.41, 5.74) is 6.57. The summed E-state index contributed by atoms with van der Waals surface area (Å²) in [6.45, 7) is 1.95. The maximum absolute atomic E-state index is 11.7. The first-order valence-electron chi connectivity index (χ1n) is 8.99. The Bertz CT molecular complexity index is 792. The van der Waals surface area contributed by atoms with Crippen LogP contribution in [0.15, 0.2) is 54.6 Å². The number of hydrogen-bond acceptors (Lipinski definition) is 5. The smallest absolute Gasteiger partial charge is 0.306 e. The average Bonchev–Trinajstić information content (AvgIpc) is 2.70. The number of esters is 1. The normalized spacial score (nSPS) is 10.0. The quantitative estimate of drug-likeness (QED) is 0.510. The highest BCUT2D eigenvalue weighted by molar-refractivity contribution is 5.84. The molecule has 0 aliphatic heterocycles. The first-order valence-corrected chi connectivity index (χ1v) is 8.99. The summed E-state index contributed by atoms with van der Waals surface area (Å²) >= 11 is 0. The van der Waals surface area contributed by atoms with Crippen LogP contribution >= 0.6 is 0 Å². The molecule has 2 amide bonds. The van der Waals surface area contributed by atoms with Gasteiger partial charge in [-0.2, -0.15) is 0 Å². The van der Waals surface area contributed by atoms with E-state index < -0.39 is 17.8 Å². The van der Waals surface area contributed by atoms with Crippen LogP contribution in [-0.4, -0.2) is 31.0 Å². The Kier molecular flexibility index (Phi) is 8.52. The first kappa shape index (κ1) is 21.0. The molecule has 0 radical (unpaired) electrons. The number of carbonyl (C=O) groups excluding carboxylic acids is 3. The second-order valence-corrected chi connectivity index (χ2v) is 6.16. The van der Waals surface area contributed by atoms with Crippen LogP contribution in [0, 0.1) is 6.92 Å². The molecule has 0 unspecified atom stereocenters. The van der Waals surface area contributed by atoms with E-state index in [2.05, 4.69) is 10.9 Å². The molecular formula is C21H24N2O5. The van der Waals surface area contributed by atoms with E-state index in [0.717, 1.165) is 11.1 Å². The average molecular weight is 384 g/mol. The lowest BCUT2D eigenvalue weighted by Crippen LogP contribution is -2.43. The molecule has 7 nitrogen and oxygen atoms in total. The van der Waals surface area contributed by atoms with E-state index >= 15 is 0 Å². The van der Waals surface area contributed by atoms with Gasteiger partial charge in [-0.3, -0.25) is 25.2 Å². The molecule has 0 aromatic heterocycles. The molecule has 0 aliphatic rings. The molecule has 0 heterocycles. The summed E-state index contributed by atoms with van der Waals surface area (Å²) in [5.74, 6) is -0.871. The van der Waals surface area contributed by atoms with Crippen molar-refractivity contribution in [1.29, 1.82) is 0 Å². The Morgan fingerprint density at radius 2 is 1.64 bits per heavy atom. The van der Waals surface area contributed by atoms with Crippen LogP contribution in [0.5, 0.6) is 5.75 Å². The number of carbonyl (C=O) groups is 3. The number of benzene rings is 2. The van der Waals surface area contributed by atoms with Gasteiger partial charge < -0.3 is 9.47 Å². The number of hydrogen-bond donors (Lipinski definition) is 2. The van der Waals surface area contributed by atoms with Crippen LogP contribution in [0.4, 0.5) is 0 Å². The van der Waals surface area contributed by atoms with Gasteiger partial charge >= 0.3 is 5.97 Å². The van der Waals surface area contributed by atoms with Crippen LogP contribution < -0.4 is 15.6 Å². The molecule has 0 atom stereocenters. The van der Waals surface area contributed by atoms with Crippen LogP contribution in [0.25, 0.3) is 0 Å². The summed E-state index contributed by atoms with van der Waals surface area (Å²) in [7, 11) is 0. The van der Waals surface area contributed by atoms with Crippen molar-refractivity contribution in [3.05, 3.63) is 65.7 Å². The first-order chi connectivity index (χ1) is 13.5. The summed E-state index contributed by atoms with van der Waals surface area (Å²) in [4.78, 5) is 35.0. The molecule has 28 heavy (non-hydrogen) atoms. The van der Waals surface area contributed by atoms with E-state index in [0.29, 0.717) is 12.2 Å². The van der Waals surface area contributed by atoms with Crippen LogP contribution in [0.1, 0.15) is 24.0 Å². The van der Waals surface area contributed by atoms with Gasteiger partial charge in [0.25, 0.3) is 5.91 Å². The summed E-state index contributed by atoms with van der Waals surface area (Å²) in [6, 6.07) is 16.9. The monoisotopic (exact) mass is 384 g/mol. The molecule has 2 rings (SSSR count). The SMILES string of the molecule is Cc1cccc(OCC(=O)NNC(=O)CCC(=O)OCCc2ccccc2)c1. The Morgan fingerprint density at radius 1 is 0.893 bits per heavy atom. The van der Waals surface area contributed by atoms with Crippen molar-refractivity contribution < 1.29 is 23.9 Å². The Labute approximate surface area is 164 Å². The van der Waals surface area contributed by atoms with Crippen LogP contribution in [-0.2, 0) is 25.5 Å². The summed E-state index contributed by atoms with van der Waals surface area (Å²) in [6.07, 6.45) is 0.481. The molecule has 7 heteroatoms. The predicted molar refractivity (Wildman–Crippen MR) is 103 cm³/mol. The van der Waals surface area contributed by atoms with Crippen LogP contribution in [0.3, 0.4) is 0 Å². The minimum absolute atomic E-state index is 0.0592. The highest BCUT2D eigenvalue weighted by Crippen LogP contribution is 2.11. The van der Waals surface area contributed by atoms with Gasteiger partial charge in [-0.05, 0) is 30.2 Å². The largest absolute Gasteiger partial charge is 0.484 e. The summed E-state index contributed by atoms with van der Waals surface area (Å²) in [5, 5.41) is 0. The highest BCUT2D eigenvalue weighted by atomic mass is 16.5. The highest BCUT2D eigenvalue weighted by Gasteiger charge is 2.10. The van der Waals surface area contributed by atoms with Gasteiger partial charge in [-0.15, -0.1) is 0 Å². The zero-order valence-corrected chi connectivity index (χ0v) is 15.8. The third kappa shape index (κ3) is 8.35. The fraction of sp³-hybridized carbons (Fsp3) is 0.286. The molecule has 0 saturated heterocycles. The fourth-order valence-electron chi connectivity index (χ4n) is 2.31. The maximum Gasteiger partial charge on any atom is 0.306 e. The molecule has 0 aliphatic carbocycles. The fourth-order valence-corrected chi connectivity index (χ4v) is 2.31. The van der Waals surface area contributed by atoms with Gasteiger partial charge in [0.1, 0.15) is 5.75 Å². The maximum atomic E-state index is 11.7. The number of ether oxygens (including phenoxy) is 2. The number of aryl methyl sites for hydroxylation is 1. The van der Waals surface area contributed by atoms with Gasteiger partial charge in [0, 0.05) is 12.8 Å². The van der Waals surface area contributed by atoms with Crippen molar-refractivity contribution in [2.75, 3.05) is 13.2 Å². The molecule has 0 fully saturated rings. The van der Waals surface area contributed by atoms with Gasteiger partial charge in [-0.25, -0.2) is 0 Å². The molecule has 2 aromatic rings. The third-order valence-electron chi connectivity index (χ3n) is 3.75. The minimum Gasteiger partial charge on any atom is -0.484 e. The summed E-state index contributed by atoms with van der Waals surface area (Å²) < 4.78 is 10.4. The zero-order valence-electron chi connectivity index (χ0n) is 15.8. The van der Waals surface area contributed by atoms with E-state index in [4.69, 9.17) is 9.47 Å². The molecule has 2 N–H and O–H groups in total. The Morgan fingerprint density at radius 3 is 2.39 bits per heavy atom. The lowest BCUT2D eigenvalue weighted by Gasteiger charge is -2.09. The van der Waals surface area contributed by atoms with Crippen molar-refractivity contribution in [2.24, 2.45) is 0 Å². The van der Waals surface area contributed by atoms with E-state index in [1.807, 2.05) is 49.4 Å². The number of hydrazine groups is 1. The van der Waals surface area contributed by atoms with Crippen molar-refractivity contribution in [3.8, 4) is 5.75 Å². The Hall–Kier alpha value is -3.35. The lowest BCUT2D eigenvalue weighted by atomic mass is 10.2. The molecule has 0 spiro atoms. The third-order valence-corrected chi connectivity index (χ3v) is 3.75. The second-order valence-electron chi connectivity index (χ2n) is 6.16.